The molecule has 5 heteroatoms. The molecule has 0 spiro atoms. The molecule has 18 heavy (non-hydrogen) atoms. The maximum atomic E-state index is 5.82. The van der Waals surface area contributed by atoms with Crippen molar-refractivity contribution >= 4 is 15.9 Å². The molecule has 0 bridgehead atoms. The van der Waals surface area contributed by atoms with Crippen LogP contribution in [0.1, 0.15) is 11.3 Å². The van der Waals surface area contributed by atoms with Gasteiger partial charge in [0.1, 0.15) is 6.61 Å². The molecule has 2 rings (SSSR count). The number of alkyl halides is 1. The summed E-state index contributed by atoms with van der Waals surface area (Å²) < 4.78 is 12.9. The number of ether oxygens (including phenoxy) is 2. The van der Waals surface area contributed by atoms with Gasteiger partial charge in [0, 0.05) is 24.1 Å². The van der Waals surface area contributed by atoms with Crippen molar-refractivity contribution in [3.05, 3.63) is 41.7 Å². The number of hydrogen-bond acceptors (Lipinski definition) is 3. The van der Waals surface area contributed by atoms with E-state index >= 15 is 0 Å². The van der Waals surface area contributed by atoms with Crippen LogP contribution in [0.4, 0.5) is 0 Å². The third-order valence-corrected chi connectivity index (χ3v) is 3.16. The van der Waals surface area contributed by atoms with Crippen molar-refractivity contribution in [3.8, 4) is 11.5 Å². The van der Waals surface area contributed by atoms with Gasteiger partial charge in [0.2, 0.25) is 0 Å². The summed E-state index contributed by atoms with van der Waals surface area (Å²) in [7, 11) is 3.53. The Labute approximate surface area is 115 Å². The Bertz CT molecular complexity index is 503. The molecule has 0 amide bonds. The Balaban J connectivity index is 2.17. The molecule has 1 aromatic carbocycles. The molecule has 1 heterocycles. The van der Waals surface area contributed by atoms with E-state index in [1.54, 1.807) is 11.8 Å². The number of aromatic nitrogens is 2. The van der Waals surface area contributed by atoms with Gasteiger partial charge in [-0.3, -0.25) is 4.68 Å². The molecule has 1 aromatic heterocycles. The molecule has 0 aliphatic carbocycles. The highest BCUT2D eigenvalue weighted by atomic mass is 79.9. The van der Waals surface area contributed by atoms with Crippen LogP contribution in [0.3, 0.4) is 0 Å². The molecule has 0 saturated heterocycles. The first-order valence-corrected chi connectivity index (χ1v) is 6.70. The standard InChI is InChI=1S/C13H15BrN2O2/c1-16-7-6-11(15-16)9-18-13-10(8-14)4-3-5-12(13)17-2/h3-7H,8-9H2,1-2H3. The van der Waals surface area contributed by atoms with Crippen molar-refractivity contribution in [3.63, 3.8) is 0 Å². The van der Waals surface area contributed by atoms with E-state index < -0.39 is 0 Å². The third-order valence-electron chi connectivity index (χ3n) is 2.56. The van der Waals surface area contributed by atoms with Gasteiger partial charge >= 0.3 is 0 Å². The summed E-state index contributed by atoms with van der Waals surface area (Å²) in [6.45, 7) is 0.432. The van der Waals surface area contributed by atoms with E-state index in [9.17, 15) is 0 Å². The van der Waals surface area contributed by atoms with Gasteiger partial charge in [-0.2, -0.15) is 5.10 Å². The fourth-order valence-electron chi connectivity index (χ4n) is 1.68. The SMILES string of the molecule is COc1cccc(CBr)c1OCc1ccn(C)n1. The fraction of sp³-hybridized carbons (Fsp3) is 0.308. The number of methoxy groups -OCH3 is 1. The Kier molecular flexibility index (Phi) is 4.25. The average molecular weight is 311 g/mol. The topological polar surface area (TPSA) is 36.3 Å². The third kappa shape index (κ3) is 2.85. The van der Waals surface area contributed by atoms with Crippen molar-refractivity contribution in [1.82, 2.24) is 9.78 Å². The summed E-state index contributed by atoms with van der Waals surface area (Å²) in [4.78, 5) is 0. The van der Waals surface area contributed by atoms with Gasteiger partial charge in [-0.1, -0.05) is 28.1 Å². The summed E-state index contributed by atoms with van der Waals surface area (Å²) in [5, 5.41) is 5.00. The maximum absolute atomic E-state index is 5.82. The molecule has 4 nitrogen and oxygen atoms in total. The quantitative estimate of drug-likeness (QED) is 0.797. The van der Waals surface area contributed by atoms with Crippen LogP contribution in [0, 0.1) is 0 Å². The van der Waals surface area contributed by atoms with Crippen LogP contribution >= 0.6 is 15.9 Å². The molecule has 0 aliphatic heterocycles. The summed E-state index contributed by atoms with van der Waals surface area (Å²) >= 11 is 3.45. The lowest BCUT2D eigenvalue weighted by molar-refractivity contribution is 0.277. The maximum Gasteiger partial charge on any atom is 0.165 e. The van der Waals surface area contributed by atoms with Gasteiger partial charge in [0.25, 0.3) is 0 Å². The van der Waals surface area contributed by atoms with Crippen LogP contribution in [-0.2, 0) is 19.0 Å². The number of para-hydroxylation sites is 1. The monoisotopic (exact) mass is 310 g/mol. The van der Waals surface area contributed by atoms with Gasteiger partial charge < -0.3 is 9.47 Å². The number of hydrogen-bond donors (Lipinski definition) is 0. The number of rotatable bonds is 5. The van der Waals surface area contributed by atoms with E-state index in [0.29, 0.717) is 6.61 Å². The summed E-state index contributed by atoms with van der Waals surface area (Å²) in [5.74, 6) is 1.51. The molecular weight excluding hydrogens is 296 g/mol. The van der Waals surface area contributed by atoms with Crippen LogP contribution in [0.15, 0.2) is 30.5 Å². The summed E-state index contributed by atoms with van der Waals surface area (Å²) in [6.07, 6.45) is 1.90. The van der Waals surface area contributed by atoms with Gasteiger partial charge in [-0.25, -0.2) is 0 Å². The molecule has 0 aliphatic rings. The molecule has 0 fully saturated rings. The number of halogens is 1. The van der Waals surface area contributed by atoms with Gasteiger partial charge in [0.05, 0.1) is 12.8 Å². The van der Waals surface area contributed by atoms with E-state index in [0.717, 1.165) is 28.1 Å². The molecule has 0 unspecified atom stereocenters. The van der Waals surface area contributed by atoms with Gasteiger partial charge in [-0.05, 0) is 12.1 Å². The number of benzene rings is 1. The lowest BCUT2D eigenvalue weighted by Gasteiger charge is -2.13. The van der Waals surface area contributed by atoms with Crippen molar-refractivity contribution < 1.29 is 9.47 Å². The molecule has 0 N–H and O–H groups in total. The predicted molar refractivity (Wildman–Crippen MR) is 73.2 cm³/mol. The van der Waals surface area contributed by atoms with Crippen molar-refractivity contribution in [2.24, 2.45) is 7.05 Å². The zero-order valence-electron chi connectivity index (χ0n) is 10.4. The van der Waals surface area contributed by atoms with Crippen LogP contribution in [0.25, 0.3) is 0 Å². The Morgan fingerprint density at radius 3 is 2.78 bits per heavy atom. The molecule has 96 valence electrons. The van der Waals surface area contributed by atoms with E-state index in [-0.39, 0.29) is 0 Å². The average Bonchev–Trinajstić information content (AvgIpc) is 2.81. The van der Waals surface area contributed by atoms with Crippen LogP contribution in [0.2, 0.25) is 0 Å². The Hall–Kier alpha value is -1.49. The minimum atomic E-state index is 0.432. The number of aryl methyl sites for hydroxylation is 1. The molecule has 0 saturated carbocycles. The molecule has 0 atom stereocenters. The van der Waals surface area contributed by atoms with E-state index in [2.05, 4.69) is 21.0 Å². The first-order valence-electron chi connectivity index (χ1n) is 5.57. The van der Waals surface area contributed by atoms with E-state index in [1.807, 2.05) is 37.5 Å². The van der Waals surface area contributed by atoms with Crippen molar-refractivity contribution in [2.45, 2.75) is 11.9 Å². The molecular formula is C13H15BrN2O2. The van der Waals surface area contributed by atoms with Crippen molar-refractivity contribution in [1.29, 1.82) is 0 Å². The Morgan fingerprint density at radius 1 is 1.33 bits per heavy atom. The second-order valence-electron chi connectivity index (χ2n) is 3.85. The smallest absolute Gasteiger partial charge is 0.165 e. The van der Waals surface area contributed by atoms with Gasteiger partial charge in [0.15, 0.2) is 11.5 Å². The van der Waals surface area contributed by atoms with Crippen LogP contribution < -0.4 is 9.47 Å². The molecule has 2 aromatic rings. The predicted octanol–water partition coefficient (Wildman–Crippen LogP) is 2.90. The van der Waals surface area contributed by atoms with Crippen molar-refractivity contribution in [2.75, 3.05) is 7.11 Å². The zero-order valence-corrected chi connectivity index (χ0v) is 12.0. The van der Waals surface area contributed by atoms with Crippen LogP contribution in [-0.4, -0.2) is 16.9 Å². The zero-order chi connectivity index (χ0) is 13.0. The number of nitrogens with zero attached hydrogens (tertiary/aromatic N) is 2. The van der Waals surface area contributed by atoms with E-state index in [1.165, 1.54) is 0 Å². The van der Waals surface area contributed by atoms with Crippen LogP contribution in [0.5, 0.6) is 11.5 Å². The molecule has 0 radical (unpaired) electrons. The highest BCUT2D eigenvalue weighted by Crippen LogP contribution is 2.32. The van der Waals surface area contributed by atoms with Gasteiger partial charge in [-0.15, -0.1) is 0 Å². The highest BCUT2D eigenvalue weighted by Gasteiger charge is 2.10. The minimum absolute atomic E-state index is 0.432. The Morgan fingerprint density at radius 2 is 2.17 bits per heavy atom. The summed E-state index contributed by atoms with van der Waals surface area (Å²) in [5.41, 5.74) is 1.95. The second kappa shape index (κ2) is 5.91. The lowest BCUT2D eigenvalue weighted by Crippen LogP contribution is -2.01. The largest absolute Gasteiger partial charge is 0.493 e. The normalized spacial score (nSPS) is 10.4. The summed E-state index contributed by atoms with van der Waals surface area (Å²) in [6, 6.07) is 7.78. The first-order chi connectivity index (χ1) is 8.74. The lowest BCUT2D eigenvalue weighted by atomic mass is 10.2. The van der Waals surface area contributed by atoms with E-state index in [4.69, 9.17) is 9.47 Å². The minimum Gasteiger partial charge on any atom is -0.493 e. The highest BCUT2D eigenvalue weighted by molar-refractivity contribution is 9.08. The first kappa shape index (κ1) is 13.0. The second-order valence-corrected chi connectivity index (χ2v) is 4.41. The fourth-order valence-corrected chi connectivity index (χ4v) is 2.12.